The van der Waals surface area contributed by atoms with Gasteiger partial charge in [-0.25, -0.2) is 9.37 Å². The first-order valence-corrected chi connectivity index (χ1v) is 7.83. The molecule has 0 bridgehead atoms. The van der Waals surface area contributed by atoms with Crippen molar-refractivity contribution in [3.8, 4) is 11.1 Å². The van der Waals surface area contributed by atoms with Crippen LogP contribution in [0.15, 0.2) is 39.5 Å². The molecule has 0 unspecified atom stereocenters. The van der Waals surface area contributed by atoms with Crippen LogP contribution in [0, 0.1) is 12.7 Å². The summed E-state index contributed by atoms with van der Waals surface area (Å²) in [5.41, 5.74) is 1.30. The van der Waals surface area contributed by atoms with E-state index < -0.39 is 0 Å². The van der Waals surface area contributed by atoms with Crippen molar-refractivity contribution >= 4 is 27.9 Å². The number of nitrogens with zero attached hydrogens (tertiary/aromatic N) is 4. The minimum absolute atomic E-state index is 0.230. The van der Waals surface area contributed by atoms with Crippen LogP contribution in [0.1, 0.15) is 5.82 Å². The van der Waals surface area contributed by atoms with Gasteiger partial charge < -0.3 is 4.90 Å². The second-order valence-electron chi connectivity index (χ2n) is 5.31. The van der Waals surface area contributed by atoms with Crippen LogP contribution < -0.4 is 5.56 Å². The first kappa shape index (κ1) is 15.4. The topological polar surface area (TPSA) is 50.5 Å². The van der Waals surface area contributed by atoms with Gasteiger partial charge in [0.1, 0.15) is 22.8 Å². The van der Waals surface area contributed by atoms with Crippen molar-refractivity contribution in [3.05, 3.63) is 51.6 Å². The van der Waals surface area contributed by atoms with E-state index >= 15 is 0 Å². The van der Waals surface area contributed by atoms with E-state index in [2.05, 4.69) is 10.1 Å². The second-order valence-corrected chi connectivity index (χ2v) is 6.17. The van der Waals surface area contributed by atoms with Gasteiger partial charge in [0.25, 0.3) is 5.56 Å². The highest BCUT2D eigenvalue weighted by Crippen LogP contribution is 2.31. The zero-order chi connectivity index (χ0) is 16.6. The molecular weight excluding hydrogens is 315 g/mol. The van der Waals surface area contributed by atoms with Crippen LogP contribution in [0.25, 0.3) is 21.3 Å². The molecule has 118 valence electrons. The van der Waals surface area contributed by atoms with Crippen LogP contribution in [-0.4, -0.2) is 35.0 Å². The number of hydrogen-bond donors (Lipinski definition) is 0. The van der Waals surface area contributed by atoms with Gasteiger partial charge in [-0.3, -0.25) is 4.79 Å². The molecule has 0 amide bonds. The van der Waals surface area contributed by atoms with Gasteiger partial charge in [0, 0.05) is 25.0 Å². The zero-order valence-corrected chi connectivity index (χ0v) is 13.8. The van der Waals surface area contributed by atoms with E-state index in [0.29, 0.717) is 16.0 Å². The molecule has 0 atom stereocenters. The highest BCUT2D eigenvalue weighted by atomic mass is 32.1. The SMILES string of the molecule is Cc1nc2scc(-c3ccc(F)cc3)c2c(=O)n1/N=C\N(C)C. The largest absolute Gasteiger partial charge is 0.367 e. The van der Waals surface area contributed by atoms with Crippen molar-refractivity contribution < 1.29 is 4.39 Å². The standard InChI is InChI=1S/C16H15FN4OS/c1-10-19-15-14(16(22)21(10)18-9-20(2)3)13(8-23-15)11-4-6-12(17)7-5-11/h4-9H,1-3H3/b18-9-. The third-order valence-electron chi connectivity index (χ3n) is 3.30. The number of aryl methyl sites for hydroxylation is 1. The maximum Gasteiger partial charge on any atom is 0.283 e. The minimum atomic E-state index is -0.310. The summed E-state index contributed by atoms with van der Waals surface area (Å²) in [6.07, 6.45) is 1.55. The first-order chi connectivity index (χ1) is 11.0. The Hall–Kier alpha value is -2.54. The average molecular weight is 330 g/mol. The number of thiophene rings is 1. The summed E-state index contributed by atoms with van der Waals surface area (Å²) in [6.45, 7) is 1.74. The summed E-state index contributed by atoms with van der Waals surface area (Å²) in [7, 11) is 3.65. The number of halogens is 1. The van der Waals surface area contributed by atoms with Crippen LogP contribution in [-0.2, 0) is 0 Å². The van der Waals surface area contributed by atoms with Crippen molar-refractivity contribution in [2.45, 2.75) is 6.92 Å². The Bertz CT molecular complexity index is 941. The van der Waals surface area contributed by atoms with Crippen molar-refractivity contribution in [3.63, 3.8) is 0 Å². The molecule has 0 N–H and O–H groups in total. The summed E-state index contributed by atoms with van der Waals surface area (Å²) < 4.78 is 14.4. The van der Waals surface area contributed by atoms with E-state index in [1.807, 2.05) is 19.5 Å². The Kier molecular flexibility index (Phi) is 3.96. The summed E-state index contributed by atoms with van der Waals surface area (Å²) in [6, 6.07) is 6.07. The van der Waals surface area contributed by atoms with Crippen LogP contribution in [0.3, 0.4) is 0 Å². The first-order valence-electron chi connectivity index (χ1n) is 6.95. The van der Waals surface area contributed by atoms with Crippen molar-refractivity contribution in [1.82, 2.24) is 14.6 Å². The lowest BCUT2D eigenvalue weighted by Gasteiger charge is -2.07. The number of rotatable bonds is 3. The van der Waals surface area contributed by atoms with Gasteiger partial charge in [-0.15, -0.1) is 11.3 Å². The molecule has 2 heterocycles. The predicted octanol–water partition coefficient (Wildman–Crippen LogP) is 2.93. The molecular formula is C16H15FN4OS. The van der Waals surface area contributed by atoms with Gasteiger partial charge in [0.2, 0.25) is 0 Å². The predicted molar refractivity (Wildman–Crippen MR) is 91.6 cm³/mol. The van der Waals surface area contributed by atoms with Gasteiger partial charge in [-0.05, 0) is 24.6 Å². The van der Waals surface area contributed by atoms with Crippen LogP contribution >= 0.6 is 11.3 Å². The van der Waals surface area contributed by atoms with Crippen LogP contribution in [0.5, 0.6) is 0 Å². The van der Waals surface area contributed by atoms with E-state index in [9.17, 15) is 9.18 Å². The molecule has 2 aromatic heterocycles. The molecule has 1 aromatic carbocycles. The fourth-order valence-corrected chi connectivity index (χ4v) is 3.20. The monoisotopic (exact) mass is 330 g/mol. The quantitative estimate of drug-likeness (QED) is 0.548. The Balaban J connectivity index is 2.24. The van der Waals surface area contributed by atoms with E-state index in [1.54, 1.807) is 30.3 Å². The van der Waals surface area contributed by atoms with Crippen LogP contribution in [0.2, 0.25) is 0 Å². The molecule has 0 spiro atoms. The summed E-state index contributed by atoms with van der Waals surface area (Å²) in [5, 5.41) is 6.54. The Morgan fingerprint density at radius 1 is 1.30 bits per heavy atom. The average Bonchev–Trinajstić information content (AvgIpc) is 2.91. The van der Waals surface area contributed by atoms with E-state index in [-0.39, 0.29) is 11.4 Å². The number of fused-ring (bicyclic) bond motifs is 1. The lowest BCUT2D eigenvalue weighted by molar-refractivity contribution is 0.626. The molecule has 23 heavy (non-hydrogen) atoms. The summed E-state index contributed by atoms with van der Waals surface area (Å²) >= 11 is 1.39. The minimum Gasteiger partial charge on any atom is -0.367 e. The normalized spacial score (nSPS) is 11.5. The van der Waals surface area contributed by atoms with Gasteiger partial charge in [0.15, 0.2) is 0 Å². The van der Waals surface area contributed by atoms with Gasteiger partial charge in [-0.2, -0.15) is 9.78 Å². The van der Waals surface area contributed by atoms with E-state index in [4.69, 9.17) is 0 Å². The number of hydrogen-bond acceptors (Lipinski definition) is 4. The molecule has 7 heteroatoms. The second kappa shape index (κ2) is 5.92. The lowest BCUT2D eigenvalue weighted by Crippen LogP contribution is -2.22. The molecule has 3 rings (SSSR count). The zero-order valence-electron chi connectivity index (χ0n) is 12.9. The molecule has 0 saturated carbocycles. The van der Waals surface area contributed by atoms with Crippen molar-refractivity contribution in [2.24, 2.45) is 5.10 Å². The van der Waals surface area contributed by atoms with Crippen LogP contribution in [0.4, 0.5) is 4.39 Å². The molecule has 0 radical (unpaired) electrons. The third-order valence-corrected chi connectivity index (χ3v) is 4.17. The third kappa shape index (κ3) is 2.87. The lowest BCUT2D eigenvalue weighted by atomic mass is 10.1. The molecule has 0 aliphatic rings. The summed E-state index contributed by atoms with van der Waals surface area (Å²) in [4.78, 5) is 19.7. The smallest absolute Gasteiger partial charge is 0.283 e. The Morgan fingerprint density at radius 2 is 2.00 bits per heavy atom. The summed E-state index contributed by atoms with van der Waals surface area (Å²) in [5.74, 6) is 0.211. The van der Waals surface area contributed by atoms with Gasteiger partial charge >= 0.3 is 0 Å². The Morgan fingerprint density at radius 3 is 2.65 bits per heavy atom. The maximum absolute atomic E-state index is 13.1. The molecule has 5 nitrogen and oxygen atoms in total. The maximum atomic E-state index is 13.1. The molecule has 0 saturated heterocycles. The van der Waals surface area contributed by atoms with E-state index in [0.717, 1.165) is 11.1 Å². The number of benzene rings is 1. The fourth-order valence-electron chi connectivity index (χ4n) is 2.22. The number of aromatic nitrogens is 2. The highest BCUT2D eigenvalue weighted by Gasteiger charge is 2.15. The molecule has 0 fully saturated rings. The van der Waals surface area contributed by atoms with Crippen molar-refractivity contribution in [1.29, 1.82) is 0 Å². The highest BCUT2D eigenvalue weighted by molar-refractivity contribution is 7.17. The fraction of sp³-hybridized carbons (Fsp3) is 0.188. The molecule has 3 aromatic rings. The Labute approximate surface area is 136 Å². The van der Waals surface area contributed by atoms with Gasteiger partial charge in [0.05, 0.1) is 5.39 Å². The van der Waals surface area contributed by atoms with Crippen molar-refractivity contribution in [2.75, 3.05) is 14.1 Å². The molecule has 0 aliphatic heterocycles. The molecule has 0 aliphatic carbocycles. The van der Waals surface area contributed by atoms with E-state index in [1.165, 1.54) is 28.1 Å². The van der Waals surface area contributed by atoms with Gasteiger partial charge in [-0.1, -0.05) is 12.1 Å².